The molecule has 3 aliphatic rings. The van der Waals surface area contributed by atoms with E-state index in [-0.39, 0.29) is 42.5 Å². The highest BCUT2D eigenvalue weighted by atomic mass is 35.5. The lowest BCUT2D eigenvalue weighted by Gasteiger charge is -2.52. The predicted octanol–water partition coefficient (Wildman–Crippen LogP) is 3.77. The molecular weight excluding hydrogens is 513 g/mol. The summed E-state index contributed by atoms with van der Waals surface area (Å²) in [4.78, 5) is 31.7. The summed E-state index contributed by atoms with van der Waals surface area (Å²) in [5.41, 5.74) is 2.74. The lowest BCUT2D eigenvalue weighted by atomic mass is 9.78. The van der Waals surface area contributed by atoms with E-state index in [1.54, 1.807) is 0 Å². The number of unbranched alkanes of at least 4 members (excludes halogenated alkanes) is 1. The number of nitrogens with one attached hydrogen (secondary N) is 1. The molecule has 1 aromatic heterocycles. The Morgan fingerprint density at radius 2 is 1.73 bits per heavy atom. The van der Waals surface area contributed by atoms with Gasteiger partial charge in [0.25, 0.3) is 0 Å². The van der Waals surface area contributed by atoms with Crippen molar-refractivity contribution >= 4 is 36.6 Å². The van der Waals surface area contributed by atoms with E-state index in [4.69, 9.17) is 0 Å². The van der Waals surface area contributed by atoms with E-state index in [0.717, 1.165) is 70.4 Å². The molecule has 212 valence electrons. The number of likely N-dealkylation sites (tertiary alicyclic amines) is 1. The number of hydrogen-bond acceptors (Lipinski definition) is 5. The van der Waals surface area contributed by atoms with Crippen LogP contribution in [-0.2, 0) is 22.7 Å². The van der Waals surface area contributed by atoms with Crippen molar-refractivity contribution in [1.82, 2.24) is 24.9 Å². The number of aromatic nitrogens is 2. The van der Waals surface area contributed by atoms with Gasteiger partial charge in [-0.2, -0.15) is 5.10 Å². The minimum Gasteiger partial charge on any atom is -0.390 e. The van der Waals surface area contributed by atoms with Crippen molar-refractivity contribution in [2.75, 3.05) is 19.6 Å². The summed E-state index contributed by atoms with van der Waals surface area (Å²) in [7, 11) is 0. The zero-order chi connectivity index (χ0) is 25.2. The van der Waals surface area contributed by atoms with Gasteiger partial charge < -0.3 is 15.3 Å². The largest absolute Gasteiger partial charge is 0.390 e. The highest BCUT2D eigenvalue weighted by Crippen LogP contribution is 2.36. The lowest BCUT2D eigenvalue weighted by Crippen LogP contribution is -2.75. The number of piperidine rings is 1. The zero-order valence-corrected chi connectivity index (χ0v) is 24.6. The van der Waals surface area contributed by atoms with E-state index in [1.807, 2.05) is 9.58 Å². The van der Waals surface area contributed by atoms with Gasteiger partial charge in [-0.1, -0.05) is 32.6 Å². The topological polar surface area (TPSA) is 90.7 Å². The number of aryl methyl sites for hydroxylation is 2. The first-order valence-corrected chi connectivity index (χ1v) is 13.9. The molecule has 10 heteroatoms. The number of carbonyl (C=O) groups is 2. The Hall–Kier alpha value is -1.35. The van der Waals surface area contributed by atoms with E-state index in [9.17, 15) is 14.7 Å². The normalized spacial score (nSPS) is 23.4. The quantitative estimate of drug-likeness (QED) is 0.506. The number of amides is 2. The number of aliphatic hydroxyl groups excluding tert-OH is 1. The van der Waals surface area contributed by atoms with Crippen LogP contribution in [0, 0.1) is 19.8 Å². The van der Waals surface area contributed by atoms with Crippen LogP contribution in [0.15, 0.2) is 0 Å². The number of hydrogen-bond donors (Lipinski definition) is 2. The number of aliphatic hydroxyl groups is 1. The number of piperazine rings is 1. The number of carbonyl (C=O) groups excluding carboxylic acids is 2. The summed E-state index contributed by atoms with van der Waals surface area (Å²) in [5.74, 6) is -0.0585. The van der Waals surface area contributed by atoms with Crippen molar-refractivity contribution in [2.24, 2.45) is 5.92 Å². The molecule has 37 heavy (non-hydrogen) atoms. The summed E-state index contributed by atoms with van der Waals surface area (Å²) in [6, 6.07) is -0.809. The minimum atomic E-state index is -0.809. The van der Waals surface area contributed by atoms with E-state index in [0.29, 0.717) is 19.4 Å². The summed E-state index contributed by atoms with van der Waals surface area (Å²) in [5, 5.41) is 18.8. The third kappa shape index (κ3) is 6.29. The Kier molecular flexibility index (Phi) is 11.7. The van der Waals surface area contributed by atoms with Crippen LogP contribution in [0.4, 0.5) is 0 Å². The van der Waals surface area contributed by atoms with Crippen LogP contribution in [0.3, 0.4) is 0 Å². The van der Waals surface area contributed by atoms with Crippen molar-refractivity contribution < 1.29 is 14.7 Å². The van der Waals surface area contributed by atoms with E-state index in [1.165, 1.54) is 17.7 Å². The van der Waals surface area contributed by atoms with Gasteiger partial charge in [-0.05, 0) is 58.8 Å². The van der Waals surface area contributed by atoms with Crippen LogP contribution < -0.4 is 5.32 Å². The molecular formula is C27H47Cl2N5O3. The number of halogens is 2. The molecule has 0 bridgehead atoms. The molecule has 1 aromatic rings. The maximum Gasteiger partial charge on any atom is 0.248 e. The Morgan fingerprint density at radius 3 is 2.30 bits per heavy atom. The molecule has 8 nitrogen and oxygen atoms in total. The van der Waals surface area contributed by atoms with Gasteiger partial charge in [-0.15, -0.1) is 24.8 Å². The fraction of sp³-hybridized carbons (Fsp3) is 0.815. The Labute approximate surface area is 234 Å². The van der Waals surface area contributed by atoms with Gasteiger partial charge in [0.15, 0.2) is 0 Å². The first-order valence-electron chi connectivity index (χ1n) is 13.9. The van der Waals surface area contributed by atoms with Gasteiger partial charge in [-0.3, -0.25) is 19.2 Å². The smallest absolute Gasteiger partial charge is 0.248 e. The number of rotatable bonds is 8. The molecule has 1 spiro atoms. The standard InChI is InChI=1S/C27H45N5O3.2ClH/c1-5-7-15-31-25(34)23(24(33)21-11-9-8-10-12-21)28-26(35)27(31)13-16-30(17-14-27)18-22-19(3)29-32(6-2)20(22)4;;/h21,23-24,33H,5-18H2,1-4H3,(H,28,35);2*1H/t23-,24-;;/m1../s1. The molecule has 2 saturated heterocycles. The van der Waals surface area contributed by atoms with Crippen LogP contribution >= 0.6 is 24.8 Å². The Bertz CT molecular complexity index is 910. The summed E-state index contributed by atoms with van der Waals surface area (Å²) >= 11 is 0. The van der Waals surface area contributed by atoms with Crippen molar-refractivity contribution in [3.05, 3.63) is 17.0 Å². The fourth-order valence-electron chi connectivity index (χ4n) is 6.53. The summed E-state index contributed by atoms with van der Waals surface area (Å²) in [6.45, 7) is 12.2. The van der Waals surface area contributed by atoms with Crippen LogP contribution in [0.1, 0.15) is 88.6 Å². The Morgan fingerprint density at radius 1 is 1.08 bits per heavy atom. The molecule has 2 N–H and O–H groups in total. The molecule has 0 unspecified atom stereocenters. The maximum atomic E-state index is 13.8. The molecule has 1 aliphatic carbocycles. The van der Waals surface area contributed by atoms with E-state index in [2.05, 4.69) is 43.0 Å². The zero-order valence-electron chi connectivity index (χ0n) is 23.0. The lowest BCUT2D eigenvalue weighted by molar-refractivity contribution is -0.166. The van der Waals surface area contributed by atoms with Gasteiger partial charge >= 0.3 is 0 Å². The molecule has 2 aliphatic heterocycles. The van der Waals surface area contributed by atoms with Crippen molar-refractivity contribution in [2.45, 2.75) is 116 Å². The van der Waals surface area contributed by atoms with Gasteiger partial charge in [0.05, 0.1) is 11.8 Å². The van der Waals surface area contributed by atoms with Gasteiger partial charge in [0.2, 0.25) is 11.8 Å². The molecule has 0 aromatic carbocycles. The molecule has 3 fully saturated rings. The molecule has 2 amide bonds. The van der Waals surface area contributed by atoms with Crippen molar-refractivity contribution in [3.8, 4) is 0 Å². The maximum absolute atomic E-state index is 13.8. The summed E-state index contributed by atoms with van der Waals surface area (Å²) in [6.07, 6.45) is 7.52. The van der Waals surface area contributed by atoms with Crippen molar-refractivity contribution in [1.29, 1.82) is 0 Å². The van der Waals surface area contributed by atoms with Crippen LogP contribution in [-0.4, -0.2) is 73.8 Å². The van der Waals surface area contributed by atoms with E-state index >= 15 is 0 Å². The second kappa shape index (κ2) is 13.6. The molecule has 0 radical (unpaired) electrons. The highest BCUT2D eigenvalue weighted by Gasteiger charge is 2.55. The third-order valence-electron chi connectivity index (χ3n) is 8.86. The van der Waals surface area contributed by atoms with E-state index < -0.39 is 17.7 Å². The second-order valence-corrected chi connectivity index (χ2v) is 11.0. The summed E-state index contributed by atoms with van der Waals surface area (Å²) < 4.78 is 2.05. The minimum absolute atomic E-state index is 0. The SMILES string of the molecule is CCCCN1C(=O)[C@@H]([C@H](O)C2CCCCC2)NC(=O)C12CCN(Cc1c(C)nn(CC)c1C)CC2.Cl.Cl. The van der Waals surface area contributed by atoms with Crippen LogP contribution in [0.5, 0.6) is 0 Å². The average Bonchev–Trinajstić information content (AvgIpc) is 3.15. The molecule has 1 saturated carbocycles. The first kappa shape index (κ1) is 31.9. The van der Waals surface area contributed by atoms with Crippen LogP contribution in [0.2, 0.25) is 0 Å². The average molecular weight is 561 g/mol. The van der Waals surface area contributed by atoms with Crippen LogP contribution in [0.25, 0.3) is 0 Å². The fourth-order valence-corrected chi connectivity index (χ4v) is 6.53. The molecule has 3 heterocycles. The number of nitrogens with zero attached hydrogens (tertiary/aromatic N) is 4. The van der Waals surface area contributed by atoms with Crippen molar-refractivity contribution in [3.63, 3.8) is 0 Å². The monoisotopic (exact) mass is 559 g/mol. The van der Waals surface area contributed by atoms with Gasteiger partial charge in [0.1, 0.15) is 11.6 Å². The third-order valence-corrected chi connectivity index (χ3v) is 8.86. The molecule has 4 rings (SSSR count). The predicted molar refractivity (Wildman–Crippen MR) is 150 cm³/mol. The van der Waals surface area contributed by atoms with Gasteiger partial charge in [-0.25, -0.2) is 0 Å². The first-order chi connectivity index (χ1) is 16.8. The molecule has 2 atom stereocenters. The van der Waals surface area contributed by atoms with Gasteiger partial charge in [0, 0.05) is 44.0 Å². The highest BCUT2D eigenvalue weighted by molar-refractivity contribution is 6.00. The second-order valence-electron chi connectivity index (χ2n) is 11.0. The Balaban J connectivity index is 0.00000241.